The summed E-state index contributed by atoms with van der Waals surface area (Å²) in [7, 11) is -1.73. The first-order chi connectivity index (χ1) is 9.08. The fourth-order valence-corrected chi connectivity index (χ4v) is 2.47. The van der Waals surface area contributed by atoms with Crippen molar-refractivity contribution in [2.45, 2.75) is 45.5 Å². The number of benzene rings is 1. The molecule has 0 radical (unpaired) electrons. The van der Waals surface area contributed by atoms with E-state index in [0.29, 0.717) is 17.8 Å². The smallest absolute Gasteiger partial charge is 0.488 e. The van der Waals surface area contributed by atoms with Crippen molar-refractivity contribution in [2.75, 3.05) is 7.11 Å². The zero-order chi connectivity index (χ0) is 15.6. The second-order valence-electron chi connectivity index (χ2n) is 6.49. The van der Waals surface area contributed by atoms with Gasteiger partial charge in [0.1, 0.15) is 5.75 Å². The minimum atomic E-state index is -1.81. The van der Waals surface area contributed by atoms with E-state index < -0.39 is 15.4 Å². The van der Waals surface area contributed by atoms with E-state index in [0.717, 1.165) is 5.56 Å². The summed E-state index contributed by atoms with van der Waals surface area (Å²) in [5.74, 6) is 0.620. The van der Waals surface area contributed by atoms with Crippen LogP contribution in [0.3, 0.4) is 0 Å². The molecule has 0 atom stereocenters. The van der Waals surface area contributed by atoms with E-state index in [4.69, 9.17) is 9.16 Å². The van der Waals surface area contributed by atoms with Crippen LogP contribution >= 0.6 is 0 Å². The Morgan fingerprint density at radius 3 is 2.25 bits per heavy atom. The van der Waals surface area contributed by atoms with Crippen molar-refractivity contribution in [1.82, 2.24) is 0 Å². The van der Waals surface area contributed by atoms with E-state index in [9.17, 15) is 10.0 Å². The third-order valence-electron chi connectivity index (χ3n) is 4.00. The van der Waals surface area contributed by atoms with Crippen molar-refractivity contribution in [1.29, 1.82) is 0 Å². The highest BCUT2D eigenvalue weighted by Crippen LogP contribution is 2.37. The molecule has 0 spiro atoms. The molecule has 6 heteroatoms. The Morgan fingerprint density at radius 1 is 1.20 bits per heavy atom. The van der Waals surface area contributed by atoms with Gasteiger partial charge in [-0.05, 0) is 29.7 Å². The Kier molecular flexibility index (Phi) is 5.43. The van der Waals surface area contributed by atoms with E-state index in [-0.39, 0.29) is 5.04 Å². The zero-order valence-electron chi connectivity index (χ0n) is 13.2. The topological polar surface area (TPSA) is 58.9 Å². The van der Waals surface area contributed by atoms with Crippen LogP contribution in [-0.2, 0) is 11.0 Å². The predicted octanol–water partition coefficient (Wildman–Crippen LogP) is 1.90. The monoisotopic (exact) mass is 296 g/mol. The van der Waals surface area contributed by atoms with E-state index in [2.05, 4.69) is 33.9 Å². The largest absolute Gasteiger partial charge is 0.496 e. The van der Waals surface area contributed by atoms with Crippen molar-refractivity contribution >= 4 is 20.9 Å². The molecule has 0 fully saturated rings. The van der Waals surface area contributed by atoms with Crippen LogP contribution in [0.15, 0.2) is 18.2 Å². The molecular weight excluding hydrogens is 271 g/mol. The summed E-state index contributed by atoms with van der Waals surface area (Å²) in [5, 5.41) is 18.5. The number of rotatable bonds is 5. The van der Waals surface area contributed by atoms with Crippen molar-refractivity contribution in [3.05, 3.63) is 23.8 Å². The Hall–Kier alpha value is -0.818. The molecule has 1 aromatic rings. The van der Waals surface area contributed by atoms with Crippen LogP contribution in [0.1, 0.15) is 26.3 Å². The zero-order valence-corrected chi connectivity index (χ0v) is 14.2. The fourth-order valence-electron chi connectivity index (χ4n) is 1.52. The molecule has 0 unspecified atom stereocenters. The summed E-state index contributed by atoms with van der Waals surface area (Å²) in [6, 6.07) is 5.13. The van der Waals surface area contributed by atoms with Crippen molar-refractivity contribution in [3.63, 3.8) is 0 Å². The molecule has 112 valence electrons. The standard InChI is InChI=1S/C14H25BO4Si/c1-14(2,3)20(5,6)19-10-11-7-8-12(15(16)17)9-13(11)18-4/h7-9,16-17H,10H2,1-6H3. The van der Waals surface area contributed by atoms with Crippen LogP contribution < -0.4 is 10.2 Å². The number of ether oxygens (including phenoxy) is 1. The van der Waals surface area contributed by atoms with Gasteiger partial charge in [-0.25, -0.2) is 0 Å². The maximum absolute atomic E-state index is 9.18. The second kappa shape index (κ2) is 6.30. The summed E-state index contributed by atoms with van der Waals surface area (Å²) in [5.41, 5.74) is 1.33. The van der Waals surface area contributed by atoms with Gasteiger partial charge in [0.25, 0.3) is 0 Å². The van der Waals surface area contributed by atoms with Crippen LogP contribution in [-0.4, -0.2) is 32.6 Å². The summed E-state index contributed by atoms with van der Waals surface area (Å²) in [4.78, 5) is 0. The molecule has 0 bridgehead atoms. The molecule has 0 amide bonds. The summed E-state index contributed by atoms with van der Waals surface area (Å²) in [6.45, 7) is 11.5. The first-order valence-corrected chi connectivity index (χ1v) is 9.66. The van der Waals surface area contributed by atoms with Crippen LogP contribution in [0.5, 0.6) is 5.75 Å². The molecule has 1 rings (SSSR count). The van der Waals surface area contributed by atoms with Crippen LogP contribution in [0.2, 0.25) is 18.1 Å². The van der Waals surface area contributed by atoms with E-state index in [1.165, 1.54) is 0 Å². The van der Waals surface area contributed by atoms with Gasteiger partial charge in [-0.15, -0.1) is 0 Å². The Balaban J connectivity index is 2.88. The first-order valence-electron chi connectivity index (χ1n) is 6.75. The van der Waals surface area contributed by atoms with Gasteiger partial charge in [0.05, 0.1) is 13.7 Å². The summed E-state index contributed by atoms with van der Waals surface area (Å²) in [6.07, 6.45) is 0. The highest BCUT2D eigenvalue weighted by molar-refractivity contribution is 6.74. The third kappa shape index (κ3) is 4.09. The molecule has 0 aliphatic rings. The van der Waals surface area contributed by atoms with E-state index >= 15 is 0 Å². The maximum Gasteiger partial charge on any atom is 0.488 e. The lowest BCUT2D eigenvalue weighted by atomic mass is 9.80. The molecule has 0 heterocycles. The van der Waals surface area contributed by atoms with E-state index in [1.54, 1.807) is 19.2 Å². The van der Waals surface area contributed by atoms with Gasteiger partial charge in [0, 0.05) is 5.56 Å². The van der Waals surface area contributed by atoms with Gasteiger partial charge in [-0.2, -0.15) is 0 Å². The van der Waals surface area contributed by atoms with Crippen LogP contribution in [0, 0.1) is 0 Å². The highest BCUT2D eigenvalue weighted by Gasteiger charge is 2.37. The molecule has 0 aliphatic heterocycles. The van der Waals surface area contributed by atoms with Gasteiger partial charge >= 0.3 is 7.12 Å². The van der Waals surface area contributed by atoms with Crippen molar-refractivity contribution < 1.29 is 19.2 Å². The average Bonchev–Trinajstić information content (AvgIpc) is 2.34. The lowest BCUT2D eigenvalue weighted by Crippen LogP contribution is -2.40. The Bertz CT molecular complexity index is 455. The molecule has 0 saturated carbocycles. The van der Waals surface area contributed by atoms with Gasteiger partial charge in [-0.3, -0.25) is 0 Å². The molecular formula is C14H25BO4Si. The molecule has 4 nitrogen and oxygen atoms in total. The SMILES string of the molecule is COc1cc(B(O)O)ccc1CO[Si](C)(C)C(C)(C)C. The molecule has 1 aromatic carbocycles. The maximum atomic E-state index is 9.18. The Morgan fingerprint density at radius 2 is 1.80 bits per heavy atom. The summed E-state index contributed by atoms with van der Waals surface area (Å²) < 4.78 is 11.5. The Labute approximate surface area is 123 Å². The number of hydrogen-bond acceptors (Lipinski definition) is 4. The lowest BCUT2D eigenvalue weighted by molar-refractivity contribution is 0.269. The normalized spacial score (nSPS) is 12.4. The molecule has 0 saturated heterocycles. The number of hydrogen-bond donors (Lipinski definition) is 2. The highest BCUT2D eigenvalue weighted by atomic mass is 28.4. The third-order valence-corrected chi connectivity index (χ3v) is 8.48. The van der Waals surface area contributed by atoms with Gasteiger partial charge in [0.15, 0.2) is 8.32 Å². The van der Waals surface area contributed by atoms with Crippen molar-refractivity contribution in [3.8, 4) is 5.75 Å². The van der Waals surface area contributed by atoms with Gasteiger partial charge in [0.2, 0.25) is 0 Å². The first kappa shape index (κ1) is 17.2. The average molecular weight is 296 g/mol. The predicted molar refractivity (Wildman–Crippen MR) is 84.8 cm³/mol. The van der Waals surface area contributed by atoms with Gasteiger partial charge in [-0.1, -0.05) is 32.9 Å². The fraction of sp³-hybridized carbons (Fsp3) is 0.571. The van der Waals surface area contributed by atoms with Crippen LogP contribution in [0.25, 0.3) is 0 Å². The van der Waals surface area contributed by atoms with E-state index in [1.807, 2.05) is 6.07 Å². The minimum absolute atomic E-state index is 0.154. The van der Waals surface area contributed by atoms with Gasteiger partial charge < -0.3 is 19.2 Å². The minimum Gasteiger partial charge on any atom is -0.496 e. The second-order valence-corrected chi connectivity index (χ2v) is 11.3. The molecule has 2 N–H and O–H groups in total. The van der Waals surface area contributed by atoms with Crippen molar-refractivity contribution in [2.24, 2.45) is 0 Å². The van der Waals surface area contributed by atoms with Crippen LogP contribution in [0.4, 0.5) is 0 Å². The quantitative estimate of drug-likeness (QED) is 0.815. The lowest BCUT2D eigenvalue weighted by Gasteiger charge is -2.36. The number of methoxy groups -OCH3 is 1. The molecule has 0 aliphatic carbocycles. The summed E-state index contributed by atoms with van der Waals surface area (Å²) >= 11 is 0. The molecule has 20 heavy (non-hydrogen) atoms. The molecule has 0 aromatic heterocycles.